The summed E-state index contributed by atoms with van der Waals surface area (Å²) in [5.74, 6) is -1.65. The molecule has 3 rings (SSSR count). The van der Waals surface area contributed by atoms with E-state index in [0.717, 1.165) is 0 Å². The first-order chi connectivity index (χ1) is 10.9. The average molecular weight is 367 g/mol. The molecule has 1 N–H and O–H groups in total. The van der Waals surface area contributed by atoms with E-state index < -0.39 is 17.6 Å². The van der Waals surface area contributed by atoms with Gasteiger partial charge in [-0.2, -0.15) is 18.3 Å². The van der Waals surface area contributed by atoms with E-state index in [1.165, 1.54) is 4.90 Å². The molecule has 0 bridgehead atoms. The van der Waals surface area contributed by atoms with E-state index in [0.29, 0.717) is 38.9 Å². The standard InChI is InChI=1S/C15H21F3N4O.ClH/c16-15(17,18)12-3-1-9-21(11-12)13(23)14(4-7-19-8-5-14)22-10-2-6-20-22;/h2,6,10,12,19H,1,3-5,7-9,11H2;1H. The summed E-state index contributed by atoms with van der Waals surface area (Å²) in [5, 5.41) is 7.42. The maximum absolute atomic E-state index is 13.1. The van der Waals surface area contributed by atoms with Crippen molar-refractivity contribution in [1.82, 2.24) is 20.0 Å². The van der Waals surface area contributed by atoms with Crippen LogP contribution in [-0.2, 0) is 10.3 Å². The highest BCUT2D eigenvalue weighted by Crippen LogP contribution is 2.36. The summed E-state index contributed by atoms with van der Waals surface area (Å²) >= 11 is 0. The van der Waals surface area contributed by atoms with Crippen molar-refractivity contribution >= 4 is 18.3 Å². The minimum atomic E-state index is -4.24. The van der Waals surface area contributed by atoms with Crippen molar-refractivity contribution in [2.75, 3.05) is 26.2 Å². The van der Waals surface area contributed by atoms with E-state index >= 15 is 0 Å². The van der Waals surface area contributed by atoms with Crippen LogP contribution in [-0.4, -0.2) is 52.9 Å². The van der Waals surface area contributed by atoms with E-state index in [9.17, 15) is 18.0 Å². The molecule has 0 aromatic carbocycles. The van der Waals surface area contributed by atoms with Crippen molar-refractivity contribution in [2.24, 2.45) is 5.92 Å². The second-order valence-electron chi connectivity index (χ2n) is 6.36. The molecule has 0 saturated carbocycles. The molecule has 1 atom stereocenters. The smallest absolute Gasteiger partial charge is 0.340 e. The Morgan fingerprint density at radius 3 is 2.58 bits per heavy atom. The Labute approximate surface area is 145 Å². The second kappa shape index (κ2) is 7.31. The van der Waals surface area contributed by atoms with E-state index in [-0.39, 0.29) is 31.3 Å². The van der Waals surface area contributed by atoms with E-state index in [2.05, 4.69) is 10.4 Å². The topological polar surface area (TPSA) is 50.2 Å². The summed E-state index contributed by atoms with van der Waals surface area (Å²) in [6, 6.07) is 1.74. The number of nitrogens with zero attached hydrogens (tertiary/aromatic N) is 3. The molecular weight excluding hydrogens is 345 g/mol. The number of carbonyl (C=O) groups is 1. The summed E-state index contributed by atoms with van der Waals surface area (Å²) in [4.78, 5) is 14.5. The molecule has 0 aliphatic carbocycles. The molecule has 0 radical (unpaired) electrons. The lowest BCUT2D eigenvalue weighted by atomic mass is 9.85. The highest BCUT2D eigenvalue weighted by molar-refractivity contribution is 5.85. The number of likely N-dealkylation sites (tertiary alicyclic amines) is 1. The third-order valence-electron chi connectivity index (χ3n) is 4.94. The van der Waals surface area contributed by atoms with Gasteiger partial charge in [-0.1, -0.05) is 0 Å². The lowest BCUT2D eigenvalue weighted by molar-refractivity contribution is -0.190. The molecule has 5 nitrogen and oxygen atoms in total. The van der Waals surface area contributed by atoms with Crippen molar-refractivity contribution < 1.29 is 18.0 Å². The molecule has 136 valence electrons. The minimum Gasteiger partial charge on any atom is -0.340 e. The van der Waals surface area contributed by atoms with Crippen LogP contribution >= 0.6 is 12.4 Å². The average Bonchev–Trinajstić information content (AvgIpc) is 3.09. The second-order valence-corrected chi connectivity index (χ2v) is 6.36. The van der Waals surface area contributed by atoms with Gasteiger partial charge >= 0.3 is 6.18 Å². The van der Waals surface area contributed by atoms with Crippen molar-refractivity contribution in [2.45, 2.75) is 37.4 Å². The zero-order valence-corrected chi connectivity index (χ0v) is 14.1. The third-order valence-corrected chi connectivity index (χ3v) is 4.94. The van der Waals surface area contributed by atoms with E-state index in [4.69, 9.17) is 0 Å². The fourth-order valence-electron chi connectivity index (χ4n) is 3.63. The summed E-state index contributed by atoms with van der Waals surface area (Å²) in [6.07, 6.45) is 0.667. The Morgan fingerprint density at radius 2 is 2.00 bits per heavy atom. The zero-order chi connectivity index (χ0) is 16.5. The quantitative estimate of drug-likeness (QED) is 0.873. The molecule has 2 fully saturated rings. The number of nitrogens with one attached hydrogen (secondary N) is 1. The van der Waals surface area contributed by atoms with Crippen LogP contribution < -0.4 is 5.32 Å². The lowest BCUT2D eigenvalue weighted by Crippen LogP contribution is -2.58. The zero-order valence-electron chi connectivity index (χ0n) is 13.3. The summed E-state index contributed by atoms with van der Waals surface area (Å²) in [7, 11) is 0. The molecule has 1 unspecified atom stereocenters. The van der Waals surface area contributed by atoms with Crippen LogP contribution in [0.4, 0.5) is 13.2 Å². The SMILES string of the molecule is Cl.O=C(N1CCCC(C(F)(F)F)C1)C1(n2cccn2)CCNCC1. The minimum absolute atomic E-state index is 0. The van der Waals surface area contributed by atoms with Gasteiger partial charge in [-0.3, -0.25) is 9.48 Å². The van der Waals surface area contributed by atoms with Gasteiger partial charge in [-0.25, -0.2) is 0 Å². The lowest BCUT2D eigenvalue weighted by Gasteiger charge is -2.43. The highest BCUT2D eigenvalue weighted by atomic mass is 35.5. The van der Waals surface area contributed by atoms with E-state index in [1.807, 2.05) is 0 Å². The van der Waals surface area contributed by atoms with Crippen LogP contribution in [0.3, 0.4) is 0 Å². The normalized spacial score (nSPS) is 24.3. The molecular formula is C15H22ClF3N4O. The number of hydrogen-bond donors (Lipinski definition) is 1. The van der Waals surface area contributed by atoms with Gasteiger partial charge in [0.1, 0.15) is 5.54 Å². The number of alkyl halides is 3. The van der Waals surface area contributed by atoms with Crippen LogP contribution in [0.5, 0.6) is 0 Å². The van der Waals surface area contributed by atoms with E-state index in [1.54, 1.807) is 23.1 Å². The van der Waals surface area contributed by atoms with Crippen LogP contribution in [0.1, 0.15) is 25.7 Å². The molecule has 1 aromatic rings. The maximum Gasteiger partial charge on any atom is 0.393 e. The Balaban J connectivity index is 0.00000208. The summed E-state index contributed by atoms with van der Waals surface area (Å²) < 4.78 is 40.7. The third kappa shape index (κ3) is 3.54. The molecule has 2 aliphatic rings. The van der Waals surface area contributed by atoms with Crippen LogP contribution in [0, 0.1) is 5.92 Å². The van der Waals surface area contributed by atoms with Crippen molar-refractivity contribution in [3.05, 3.63) is 18.5 Å². The van der Waals surface area contributed by atoms with Gasteiger partial charge < -0.3 is 10.2 Å². The maximum atomic E-state index is 13.1. The van der Waals surface area contributed by atoms with Crippen molar-refractivity contribution in [1.29, 1.82) is 0 Å². The van der Waals surface area contributed by atoms with Gasteiger partial charge in [0, 0.05) is 25.5 Å². The van der Waals surface area contributed by atoms with Crippen molar-refractivity contribution in [3.8, 4) is 0 Å². The van der Waals surface area contributed by atoms with Gasteiger partial charge in [0.15, 0.2) is 0 Å². The van der Waals surface area contributed by atoms with Gasteiger partial charge in [0.05, 0.1) is 5.92 Å². The molecule has 2 aliphatic heterocycles. The summed E-state index contributed by atoms with van der Waals surface area (Å²) in [6.45, 7) is 1.46. The molecule has 2 saturated heterocycles. The first kappa shape index (κ1) is 19.1. The van der Waals surface area contributed by atoms with Crippen LogP contribution in [0.25, 0.3) is 0 Å². The number of piperidine rings is 2. The van der Waals surface area contributed by atoms with Crippen LogP contribution in [0.15, 0.2) is 18.5 Å². The molecule has 1 aromatic heterocycles. The van der Waals surface area contributed by atoms with Gasteiger partial charge in [0.2, 0.25) is 0 Å². The predicted octanol–water partition coefficient (Wildman–Crippen LogP) is 2.18. The fourth-order valence-corrected chi connectivity index (χ4v) is 3.63. The Hall–Kier alpha value is -1.28. The van der Waals surface area contributed by atoms with Crippen LogP contribution in [0.2, 0.25) is 0 Å². The molecule has 0 spiro atoms. The number of aromatic nitrogens is 2. The molecule has 3 heterocycles. The first-order valence-corrected chi connectivity index (χ1v) is 8.00. The number of hydrogen-bond acceptors (Lipinski definition) is 3. The molecule has 24 heavy (non-hydrogen) atoms. The Kier molecular flexibility index (Phi) is 5.80. The molecule has 9 heteroatoms. The summed E-state index contributed by atoms with van der Waals surface area (Å²) in [5.41, 5.74) is -0.859. The Bertz CT molecular complexity index is 543. The van der Waals surface area contributed by atoms with Gasteiger partial charge in [-0.15, -0.1) is 12.4 Å². The van der Waals surface area contributed by atoms with Gasteiger partial charge in [0.25, 0.3) is 5.91 Å². The number of rotatable bonds is 2. The number of halogens is 4. The fraction of sp³-hybridized carbons (Fsp3) is 0.733. The number of carbonyl (C=O) groups excluding carboxylic acids is 1. The van der Waals surface area contributed by atoms with Gasteiger partial charge in [-0.05, 0) is 44.8 Å². The monoisotopic (exact) mass is 366 g/mol. The molecule has 1 amide bonds. The highest BCUT2D eigenvalue weighted by Gasteiger charge is 2.48. The number of amides is 1. The predicted molar refractivity (Wildman–Crippen MR) is 84.9 cm³/mol. The van der Waals surface area contributed by atoms with Crippen molar-refractivity contribution in [3.63, 3.8) is 0 Å². The largest absolute Gasteiger partial charge is 0.393 e. The Morgan fingerprint density at radius 1 is 1.29 bits per heavy atom. The first-order valence-electron chi connectivity index (χ1n) is 8.00.